The molecule has 0 spiro atoms. The lowest BCUT2D eigenvalue weighted by molar-refractivity contribution is -0.117. The molecule has 1 unspecified atom stereocenters. The number of ketones is 1. The van der Waals surface area contributed by atoms with E-state index < -0.39 is 6.10 Å². The molecule has 1 aromatic rings. The summed E-state index contributed by atoms with van der Waals surface area (Å²) in [5, 5.41) is 12.8. The normalized spacial score (nSPS) is 22.0. The number of hydrogen-bond donors (Lipinski definition) is 2. The molecule has 1 atom stereocenters. The van der Waals surface area contributed by atoms with Gasteiger partial charge in [0.1, 0.15) is 5.75 Å². The van der Waals surface area contributed by atoms with Crippen LogP contribution >= 0.6 is 0 Å². The van der Waals surface area contributed by atoms with Crippen LogP contribution in [0.2, 0.25) is 0 Å². The van der Waals surface area contributed by atoms with Crippen molar-refractivity contribution in [3.8, 4) is 5.75 Å². The first-order valence-electron chi connectivity index (χ1n) is 6.02. The Hall–Kier alpha value is -1.81. The third-order valence-corrected chi connectivity index (χ3v) is 3.05. The highest BCUT2D eigenvalue weighted by Crippen LogP contribution is 2.21. The van der Waals surface area contributed by atoms with Crippen molar-refractivity contribution < 1.29 is 14.6 Å². The maximum atomic E-state index is 11.6. The van der Waals surface area contributed by atoms with Gasteiger partial charge in [-0.05, 0) is 37.1 Å². The number of Topliss-reactive ketones (excluding diaryl/α,β-unsaturated/α-hetero) is 1. The molecular formula is C14H17NO3. The van der Waals surface area contributed by atoms with Gasteiger partial charge in [-0.3, -0.25) is 4.79 Å². The summed E-state index contributed by atoms with van der Waals surface area (Å²) >= 11 is 0. The SMILES string of the molecule is COc1ccc(N/C=C2\C(=O)CCCC2O)cc1. The minimum absolute atomic E-state index is 0.0229. The van der Waals surface area contributed by atoms with Crippen molar-refractivity contribution in [1.82, 2.24) is 0 Å². The Morgan fingerprint density at radius 3 is 2.72 bits per heavy atom. The monoisotopic (exact) mass is 247 g/mol. The van der Waals surface area contributed by atoms with E-state index in [9.17, 15) is 9.90 Å². The maximum Gasteiger partial charge on any atom is 0.162 e. The molecule has 1 saturated carbocycles. The number of ether oxygens (including phenoxy) is 1. The van der Waals surface area contributed by atoms with Gasteiger partial charge in [0.25, 0.3) is 0 Å². The molecule has 0 radical (unpaired) electrons. The predicted molar refractivity (Wildman–Crippen MR) is 69.6 cm³/mol. The summed E-state index contributed by atoms with van der Waals surface area (Å²) in [5.41, 5.74) is 1.32. The molecule has 1 aromatic carbocycles. The lowest BCUT2D eigenvalue weighted by Gasteiger charge is -2.19. The van der Waals surface area contributed by atoms with Crippen molar-refractivity contribution in [2.75, 3.05) is 12.4 Å². The van der Waals surface area contributed by atoms with Crippen LogP contribution in [0.1, 0.15) is 19.3 Å². The minimum Gasteiger partial charge on any atom is -0.497 e. The van der Waals surface area contributed by atoms with E-state index in [1.54, 1.807) is 13.3 Å². The van der Waals surface area contributed by atoms with Crippen LogP contribution in [0.4, 0.5) is 5.69 Å². The zero-order chi connectivity index (χ0) is 13.0. The number of carbonyl (C=O) groups excluding carboxylic acids is 1. The Labute approximate surface area is 106 Å². The fraction of sp³-hybridized carbons (Fsp3) is 0.357. The van der Waals surface area contributed by atoms with Crippen molar-refractivity contribution in [2.45, 2.75) is 25.4 Å². The Morgan fingerprint density at radius 1 is 1.39 bits per heavy atom. The van der Waals surface area contributed by atoms with Crippen LogP contribution in [0.25, 0.3) is 0 Å². The summed E-state index contributed by atoms with van der Waals surface area (Å²) in [6, 6.07) is 7.38. The van der Waals surface area contributed by atoms with E-state index in [0.29, 0.717) is 18.4 Å². The van der Waals surface area contributed by atoms with E-state index in [1.807, 2.05) is 24.3 Å². The number of rotatable bonds is 3. The summed E-state index contributed by atoms with van der Waals surface area (Å²) in [6.45, 7) is 0. The van der Waals surface area contributed by atoms with Crippen LogP contribution < -0.4 is 10.1 Å². The molecular weight excluding hydrogens is 230 g/mol. The Balaban J connectivity index is 2.06. The summed E-state index contributed by atoms with van der Waals surface area (Å²) < 4.78 is 5.06. The second-order valence-corrected chi connectivity index (χ2v) is 4.30. The van der Waals surface area contributed by atoms with Gasteiger partial charge in [-0.2, -0.15) is 0 Å². The van der Waals surface area contributed by atoms with Crippen molar-refractivity contribution in [3.05, 3.63) is 36.0 Å². The average Bonchev–Trinajstić information content (AvgIpc) is 2.39. The quantitative estimate of drug-likeness (QED) is 0.803. The molecule has 0 saturated heterocycles. The smallest absolute Gasteiger partial charge is 0.162 e. The summed E-state index contributed by atoms with van der Waals surface area (Å²) in [6.07, 6.45) is 2.90. The van der Waals surface area contributed by atoms with Gasteiger partial charge in [-0.1, -0.05) is 0 Å². The third-order valence-electron chi connectivity index (χ3n) is 3.05. The first kappa shape index (κ1) is 12.6. The highest BCUT2D eigenvalue weighted by Gasteiger charge is 2.23. The summed E-state index contributed by atoms with van der Waals surface area (Å²) in [5.74, 6) is 0.803. The summed E-state index contributed by atoms with van der Waals surface area (Å²) in [7, 11) is 1.61. The lowest BCUT2D eigenvalue weighted by atomic mass is 9.91. The van der Waals surface area contributed by atoms with Crippen LogP contribution in [0.3, 0.4) is 0 Å². The van der Waals surface area contributed by atoms with Crippen molar-refractivity contribution >= 4 is 11.5 Å². The number of aliphatic hydroxyl groups is 1. The second kappa shape index (κ2) is 5.69. The number of hydrogen-bond acceptors (Lipinski definition) is 4. The van der Waals surface area contributed by atoms with E-state index in [2.05, 4.69) is 5.32 Å². The molecule has 0 bridgehead atoms. The average molecular weight is 247 g/mol. The molecule has 0 aromatic heterocycles. The maximum absolute atomic E-state index is 11.6. The highest BCUT2D eigenvalue weighted by atomic mass is 16.5. The molecule has 1 aliphatic rings. The molecule has 2 N–H and O–H groups in total. The molecule has 0 heterocycles. The van der Waals surface area contributed by atoms with Gasteiger partial charge in [0, 0.05) is 23.9 Å². The molecule has 0 amide bonds. The molecule has 1 aliphatic carbocycles. The van der Waals surface area contributed by atoms with E-state index in [0.717, 1.165) is 17.9 Å². The number of benzene rings is 1. The van der Waals surface area contributed by atoms with E-state index in [1.165, 1.54) is 0 Å². The molecule has 4 heteroatoms. The second-order valence-electron chi connectivity index (χ2n) is 4.30. The van der Waals surface area contributed by atoms with Gasteiger partial charge < -0.3 is 15.2 Å². The Bertz CT molecular complexity index is 451. The number of methoxy groups -OCH3 is 1. The van der Waals surface area contributed by atoms with Gasteiger partial charge in [0.05, 0.1) is 13.2 Å². The van der Waals surface area contributed by atoms with E-state index >= 15 is 0 Å². The number of anilines is 1. The van der Waals surface area contributed by atoms with Gasteiger partial charge >= 0.3 is 0 Å². The van der Waals surface area contributed by atoms with Crippen LogP contribution in [0.15, 0.2) is 36.0 Å². The number of aliphatic hydroxyl groups excluding tert-OH is 1. The molecule has 4 nitrogen and oxygen atoms in total. The van der Waals surface area contributed by atoms with Crippen molar-refractivity contribution in [2.24, 2.45) is 0 Å². The molecule has 2 rings (SSSR count). The van der Waals surface area contributed by atoms with Gasteiger partial charge in [-0.15, -0.1) is 0 Å². The fourth-order valence-electron chi connectivity index (χ4n) is 1.97. The van der Waals surface area contributed by atoms with Gasteiger partial charge in [0.15, 0.2) is 5.78 Å². The first-order chi connectivity index (χ1) is 8.70. The van der Waals surface area contributed by atoms with Crippen LogP contribution in [-0.2, 0) is 4.79 Å². The highest BCUT2D eigenvalue weighted by molar-refractivity contribution is 5.97. The topological polar surface area (TPSA) is 58.6 Å². The molecule has 18 heavy (non-hydrogen) atoms. The first-order valence-corrected chi connectivity index (χ1v) is 6.02. The van der Waals surface area contributed by atoms with Crippen LogP contribution in [-0.4, -0.2) is 24.1 Å². The standard InChI is InChI=1S/C14H17NO3/c1-18-11-7-5-10(6-8-11)15-9-12-13(16)3-2-4-14(12)17/h5-9,13,15-16H,2-4H2,1H3/b12-9-. The van der Waals surface area contributed by atoms with E-state index in [-0.39, 0.29) is 5.78 Å². The van der Waals surface area contributed by atoms with E-state index in [4.69, 9.17) is 4.74 Å². The fourth-order valence-corrected chi connectivity index (χ4v) is 1.97. The number of carbonyl (C=O) groups is 1. The predicted octanol–water partition coefficient (Wildman–Crippen LogP) is 2.10. The van der Waals surface area contributed by atoms with Crippen LogP contribution in [0.5, 0.6) is 5.75 Å². The number of nitrogens with one attached hydrogen (secondary N) is 1. The zero-order valence-electron chi connectivity index (χ0n) is 10.3. The summed E-state index contributed by atoms with van der Waals surface area (Å²) in [4.78, 5) is 11.6. The molecule has 0 aliphatic heterocycles. The van der Waals surface area contributed by atoms with Crippen LogP contribution in [0, 0.1) is 0 Å². The Morgan fingerprint density at radius 2 is 2.11 bits per heavy atom. The lowest BCUT2D eigenvalue weighted by Crippen LogP contribution is -2.24. The Kier molecular flexibility index (Phi) is 3.99. The minimum atomic E-state index is -0.642. The third kappa shape index (κ3) is 2.90. The van der Waals surface area contributed by atoms with Crippen molar-refractivity contribution in [3.63, 3.8) is 0 Å². The largest absolute Gasteiger partial charge is 0.497 e. The van der Waals surface area contributed by atoms with Gasteiger partial charge in [0.2, 0.25) is 0 Å². The molecule has 96 valence electrons. The zero-order valence-corrected chi connectivity index (χ0v) is 10.3. The molecule has 1 fully saturated rings. The van der Waals surface area contributed by atoms with Crippen molar-refractivity contribution in [1.29, 1.82) is 0 Å². The van der Waals surface area contributed by atoms with Gasteiger partial charge in [-0.25, -0.2) is 0 Å².